The number of hydrogen-bond donors (Lipinski definition) is 0. The van der Waals surface area contributed by atoms with E-state index in [0.717, 1.165) is 22.6 Å². The van der Waals surface area contributed by atoms with Crippen LogP contribution in [0.2, 0.25) is 0 Å². The molecule has 3 amide bonds. The summed E-state index contributed by atoms with van der Waals surface area (Å²) in [6.07, 6.45) is 0. The lowest BCUT2D eigenvalue weighted by Gasteiger charge is -2.24. The Morgan fingerprint density at radius 3 is 2.32 bits per heavy atom. The van der Waals surface area contributed by atoms with Crippen molar-refractivity contribution in [2.45, 2.75) is 13.5 Å². The summed E-state index contributed by atoms with van der Waals surface area (Å²) in [6, 6.07) is 8.71. The molecule has 10 heteroatoms. The molecular formula is C21H21N3O7. The lowest BCUT2D eigenvalue weighted by Crippen LogP contribution is -2.42. The Morgan fingerprint density at radius 2 is 1.71 bits per heavy atom. The smallest absolute Gasteiger partial charge is 0.270 e. The summed E-state index contributed by atoms with van der Waals surface area (Å²) in [6.45, 7) is 1.91. The van der Waals surface area contributed by atoms with Crippen molar-refractivity contribution in [3.8, 4) is 11.5 Å². The van der Waals surface area contributed by atoms with E-state index in [-0.39, 0.29) is 23.4 Å². The second-order valence-electron chi connectivity index (χ2n) is 6.78. The van der Waals surface area contributed by atoms with Crippen LogP contribution in [0.25, 0.3) is 0 Å². The Bertz CT molecular complexity index is 1070. The van der Waals surface area contributed by atoms with Crippen LogP contribution in [0, 0.1) is 10.1 Å². The van der Waals surface area contributed by atoms with Crippen molar-refractivity contribution in [2.75, 3.05) is 27.3 Å². The number of ether oxygens (including phenoxy) is 2. The molecule has 162 valence electrons. The summed E-state index contributed by atoms with van der Waals surface area (Å²) < 4.78 is 10.5. The third-order valence-electron chi connectivity index (χ3n) is 5.01. The number of nitrogens with zero attached hydrogens (tertiary/aromatic N) is 3. The quantitative estimate of drug-likeness (QED) is 0.360. The lowest BCUT2D eigenvalue weighted by molar-refractivity contribution is -0.384. The van der Waals surface area contributed by atoms with E-state index in [1.807, 2.05) is 0 Å². The molecular weight excluding hydrogens is 406 g/mol. The highest BCUT2D eigenvalue weighted by Gasteiger charge is 2.38. The maximum atomic E-state index is 12.8. The van der Waals surface area contributed by atoms with E-state index >= 15 is 0 Å². The molecule has 1 aliphatic heterocycles. The second-order valence-corrected chi connectivity index (χ2v) is 6.78. The first-order chi connectivity index (χ1) is 14.8. The van der Waals surface area contributed by atoms with E-state index in [9.17, 15) is 24.5 Å². The Labute approximate surface area is 178 Å². The number of fused-ring (bicyclic) bond motifs is 1. The molecule has 0 atom stereocenters. The predicted molar refractivity (Wildman–Crippen MR) is 109 cm³/mol. The van der Waals surface area contributed by atoms with Crippen LogP contribution in [0.5, 0.6) is 11.5 Å². The minimum absolute atomic E-state index is 0.0475. The van der Waals surface area contributed by atoms with Crippen LogP contribution in [0.3, 0.4) is 0 Å². The molecule has 1 aliphatic rings. The molecule has 10 nitrogen and oxygen atoms in total. The van der Waals surface area contributed by atoms with Crippen molar-refractivity contribution in [1.29, 1.82) is 0 Å². The minimum atomic E-state index is -0.723. The highest BCUT2D eigenvalue weighted by atomic mass is 16.6. The minimum Gasteiger partial charge on any atom is -0.493 e. The molecule has 0 radical (unpaired) electrons. The van der Waals surface area contributed by atoms with Crippen LogP contribution < -0.4 is 9.47 Å². The number of methoxy groups -OCH3 is 2. The van der Waals surface area contributed by atoms with Gasteiger partial charge in [-0.05, 0) is 30.7 Å². The van der Waals surface area contributed by atoms with Crippen molar-refractivity contribution in [3.63, 3.8) is 0 Å². The van der Waals surface area contributed by atoms with Crippen molar-refractivity contribution >= 4 is 23.4 Å². The lowest BCUT2D eigenvalue weighted by atomic mass is 10.1. The molecule has 2 aromatic carbocycles. The van der Waals surface area contributed by atoms with Gasteiger partial charge in [0.15, 0.2) is 11.5 Å². The van der Waals surface area contributed by atoms with Gasteiger partial charge in [-0.3, -0.25) is 29.4 Å². The Hall–Kier alpha value is -3.95. The molecule has 0 unspecified atom stereocenters. The van der Waals surface area contributed by atoms with Crippen LogP contribution in [-0.4, -0.2) is 59.8 Å². The van der Waals surface area contributed by atoms with Gasteiger partial charge in [0.05, 0.1) is 30.3 Å². The van der Waals surface area contributed by atoms with E-state index in [2.05, 4.69) is 0 Å². The van der Waals surface area contributed by atoms with Crippen molar-refractivity contribution < 1.29 is 28.8 Å². The second kappa shape index (κ2) is 8.82. The van der Waals surface area contributed by atoms with Gasteiger partial charge < -0.3 is 14.4 Å². The van der Waals surface area contributed by atoms with Crippen LogP contribution in [-0.2, 0) is 11.3 Å². The monoisotopic (exact) mass is 427 g/mol. The standard InChI is InChI=1S/C21H21N3O7/c1-4-22(11-13-5-8-17(30-2)18(9-13)31-3)19(25)12-23-20(26)15-7-6-14(24(28)29)10-16(15)21(23)27/h5-10H,4,11-12H2,1-3H3. The highest BCUT2D eigenvalue weighted by molar-refractivity contribution is 6.22. The van der Waals surface area contributed by atoms with E-state index in [4.69, 9.17) is 9.47 Å². The van der Waals surface area contributed by atoms with Gasteiger partial charge in [-0.1, -0.05) is 6.07 Å². The Balaban J connectivity index is 1.76. The number of amides is 3. The first-order valence-electron chi connectivity index (χ1n) is 9.44. The molecule has 3 rings (SSSR count). The maximum Gasteiger partial charge on any atom is 0.270 e. The molecule has 0 aliphatic carbocycles. The highest BCUT2D eigenvalue weighted by Crippen LogP contribution is 2.29. The molecule has 0 saturated heterocycles. The number of nitro benzene ring substituents is 1. The third kappa shape index (κ3) is 4.18. The third-order valence-corrected chi connectivity index (χ3v) is 5.01. The Morgan fingerprint density at radius 1 is 1.03 bits per heavy atom. The number of rotatable bonds is 8. The van der Waals surface area contributed by atoms with Gasteiger partial charge >= 0.3 is 0 Å². The topological polar surface area (TPSA) is 119 Å². The maximum absolute atomic E-state index is 12.8. The molecule has 2 aromatic rings. The first kappa shape index (κ1) is 21.8. The number of non-ortho nitro benzene ring substituents is 1. The predicted octanol–water partition coefficient (Wildman–Crippen LogP) is 2.26. The van der Waals surface area contributed by atoms with Gasteiger partial charge in [0.2, 0.25) is 5.91 Å². The van der Waals surface area contributed by atoms with E-state index in [1.54, 1.807) is 25.1 Å². The zero-order valence-electron chi connectivity index (χ0n) is 17.3. The zero-order valence-corrected chi connectivity index (χ0v) is 17.3. The summed E-state index contributed by atoms with van der Waals surface area (Å²) in [5.41, 5.74) is 0.462. The summed E-state index contributed by atoms with van der Waals surface area (Å²) in [4.78, 5) is 50.7. The molecule has 0 N–H and O–H groups in total. The van der Waals surface area contributed by atoms with Gasteiger partial charge in [0.25, 0.3) is 17.5 Å². The van der Waals surface area contributed by atoms with E-state index in [0.29, 0.717) is 18.0 Å². The molecule has 0 fully saturated rings. The normalized spacial score (nSPS) is 12.5. The average Bonchev–Trinajstić information content (AvgIpc) is 3.01. The fraction of sp³-hybridized carbons (Fsp3) is 0.286. The summed E-state index contributed by atoms with van der Waals surface area (Å²) in [5, 5.41) is 11.0. The molecule has 0 bridgehead atoms. The Kier molecular flexibility index (Phi) is 6.19. The number of benzene rings is 2. The zero-order chi connectivity index (χ0) is 22.7. The van der Waals surface area contributed by atoms with Crippen LogP contribution >= 0.6 is 0 Å². The molecule has 0 saturated carbocycles. The van der Waals surface area contributed by atoms with Crippen LogP contribution in [0.1, 0.15) is 33.2 Å². The van der Waals surface area contributed by atoms with Crippen molar-refractivity contribution in [2.24, 2.45) is 0 Å². The van der Waals surface area contributed by atoms with Gasteiger partial charge in [-0.2, -0.15) is 0 Å². The fourth-order valence-electron chi connectivity index (χ4n) is 3.35. The first-order valence-corrected chi connectivity index (χ1v) is 9.44. The fourth-order valence-corrected chi connectivity index (χ4v) is 3.35. The van der Waals surface area contributed by atoms with Crippen molar-refractivity contribution in [1.82, 2.24) is 9.80 Å². The number of hydrogen-bond acceptors (Lipinski definition) is 7. The van der Waals surface area contributed by atoms with E-state index < -0.39 is 29.2 Å². The summed E-state index contributed by atoms with van der Waals surface area (Å²) in [5.74, 6) is -0.725. The van der Waals surface area contributed by atoms with Crippen LogP contribution in [0.15, 0.2) is 36.4 Å². The van der Waals surface area contributed by atoms with Gasteiger partial charge in [-0.25, -0.2) is 0 Å². The average molecular weight is 427 g/mol. The van der Waals surface area contributed by atoms with Gasteiger partial charge in [0.1, 0.15) is 6.54 Å². The van der Waals surface area contributed by atoms with Crippen molar-refractivity contribution in [3.05, 3.63) is 63.2 Å². The van der Waals surface area contributed by atoms with E-state index in [1.165, 1.54) is 25.2 Å². The number of imide groups is 1. The SMILES string of the molecule is CCN(Cc1ccc(OC)c(OC)c1)C(=O)CN1C(=O)c2ccc([N+](=O)[O-])cc2C1=O. The number of carbonyl (C=O) groups excluding carboxylic acids is 3. The van der Waals surface area contributed by atoms with Gasteiger partial charge in [-0.15, -0.1) is 0 Å². The summed E-state index contributed by atoms with van der Waals surface area (Å²) in [7, 11) is 3.03. The van der Waals surface area contributed by atoms with Crippen LogP contribution in [0.4, 0.5) is 5.69 Å². The number of likely N-dealkylation sites (N-methyl/N-ethyl adjacent to an activating group) is 1. The molecule has 1 heterocycles. The largest absolute Gasteiger partial charge is 0.493 e. The van der Waals surface area contributed by atoms with Gasteiger partial charge in [0, 0.05) is 25.2 Å². The number of nitro groups is 1. The summed E-state index contributed by atoms with van der Waals surface area (Å²) >= 11 is 0. The molecule has 0 spiro atoms. The molecule has 0 aromatic heterocycles. The molecule has 31 heavy (non-hydrogen) atoms. The number of carbonyl (C=O) groups is 3.